The van der Waals surface area contributed by atoms with Crippen LogP contribution in [0.3, 0.4) is 0 Å². The zero-order chi connectivity index (χ0) is 20.5. The minimum atomic E-state index is -0.662. The number of esters is 1. The average Bonchev–Trinajstić information content (AvgIpc) is 2.68. The predicted molar refractivity (Wildman–Crippen MR) is 102 cm³/mol. The zero-order valence-electron chi connectivity index (χ0n) is 15.8. The topological polar surface area (TPSA) is 81.7 Å². The summed E-state index contributed by atoms with van der Waals surface area (Å²) in [7, 11) is 0. The van der Waals surface area contributed by atoms with Gasteiger partial charge >= 0.3 is 5.97 Å². The highest BCUT2D eigenvalue weighted by atomic mass is 19.1. The van der Waals surface area contributed by atoms with Crippen molar-refractivity contribution in [3.63, 3.8) is 0 Å². The second kappa shape index (κ2) is 10.2. The number of Topliss-reactive ketones (excluding diaryl/α,β-unsaturated/α-hetero) is 1. The molecule has 7 heteroatoms. The van der Waals surface area contributed by atoms with E-state index in [9.17, 15) is 18.8 Å². The van der Waals surface area contributed by atoms with Gasteiger partial charge in [0.1, 0.15) is 11.6 Å². The Morgan fingerprint density at radius 1 is 1.04 bits per heavy atom. The lowest BCUT2D eigenvalue weighted by Gasteiger charge is -2.08. The lowest BCUT2D eigenvalue weighted by atomic mass is 10.1. The molecular formula is C21H22FNO5. The molecule has 0 bridgehead atoms. The van der Waals surface area contributed by atoms with Crippen LogP contribution in [-0.2, 0) is 14.3 Å². The molecule has 0 heterocycles. The minimum absolute atomic E-state index is 0.0302. The smallest absolute Gasteiger partial charge is 0.306 e. The molecule has 0 spiro atoms. The maximum absolute atomic E-state index is 13.4. The Balaban J connectivity index is 1.73. The Kier molecular flexibility index (Phi) is 7.68. The van der Waals surface area contributed by atoms with Gasteiger partial charge in [-0.05, 0) is 55.8 Å². The first-order valence-electron chi connectivity index (χ1n) is 8.86. The molecule has 0 aliphatic carbocycles. The quantitative estimate of drug-likeness (QED) is 0.524. The highest BCUT2D eigenvalue weighted by Crippen LogP contribution is 2.15. The van der Waals surface area contributed by atoms with Crippen LogP contribution in [0.4, 0.5) is 10.1 Å². The molecule has 1 amide bonds. The normalized spacial score (nSPS) is 10.2. The summed E-state index contributed by atoms with van der Waals surface area (Å²) in [4.78, 5) is 35.6. The number of ether oxygens (including phenoxy) is 2. The van der Waals surface area contributed by atoms with Gasteiger partial charge in [0.05, 0.1) is 13.0 Å². The van der Waals surface area contributed by atoms with E-state index in [2.05, 4.69) is 5.32 Å². The van der Waals surface area contributed by atoms with Crippen molar-refractivity contribution < 1.29 is 28.2 Å². The number of ketones is 1. The molecule has 0 aliphatic heterocycles. The van der Waals surface area contributed by atoms with Crippen molar-refractivity contribution in [2.75, 3.05) is 18.5 Å². The monoisotopic (exact) mass is 387 g/mol. The molecule has 0 aromatic heterocycles. The molecule has 0 unspecified atom stereocenters. The van der Waals surface area contributed by atoms with Crippen LogP contribution in [0.2, 0.25) is 0 Å². The van der Waals surface area contributed by atoms with E-state index in [0.29, 0.717) is 23.5 Å². The minimum Gasteiger partial charge on any atom is -0.494 e. The van der Waals surface area contributed by atoms with E-state index >= 15 is 0 Å². The number of carbonyl (C=O) groups is 3. The van der Waals surface area contributed by atoms with Gasteiger partial charge in [-0.15, -0.1) is 0 Å². The Morgan fingerprint density at radius 3 is 2.39 bits per heavy atom. The number of benzene rings is 2. The van der Waals surface area contributed by atoms with Crippen LogP contribution in [0.5, 0.6) is 5.75 Å². The Labute approximate surface area is 162 Å². The van der Waals surface area contributed by atoms with Gasteiger partial charge < -0.3 is 14.8 Å². The van der Waals surface area contributed by atoms with Gasteiger partial charge in [-0.3, -0.25) is 14.4 Å². The van der Waals surface area contributed by atoms with Crippen LogP contribution in [0.25, 0.3) is 0 Å². The second-order valence-electron chi connectivity index (χ2n) is 6.05. The van der Waals surface area contributed by atoms with Crippen molar-refractivity contribution >= 4 is 23.3 Å². The van der Waals surface area contributed by atoms with Gasteiger partial charge in [0, 0.05) is 17.7 Å². The first-order valence-corrected chi connectivity index (χ1v) is 8.86. The van der Waals surface area contributed by atoms with E-state index in [4.69, 9.17) is 9.47 Å². The molecule has 148 valence electrons. The molecule has 6 nitrogen and oxygen atoms in total. The number of halogens is 1. The molecule has 0 saturated carbocycles. The van der Waals surface area contributed by atoms with Crippen molar-refractivity contribution in [3.8, 4) is 5.75 Å². The van der Waals surface area contributed by atoms with Crippen LogP contribution >= 0.6 is 0 Å². The Bertz CT molecular complexity index is 848. The number of carbonyl (C=O) groups excluding carboxylic acids is 3. The molecule has 2 rings (SSSR count). The van der Waals surface area contributed by atoms with Crippen LogP contribution in [0.1, 0.15) is 35.7 Å². The fourth-order valence-corrected chi connectivity index (χ4v) is 2.35. The fraction of sp³-hybridized carbons (Fsp3) is 0.286. The van der Waals surface area contributed by atoms with Crippen LogP contribution in [-0.4, -0.2) is 30.9 Å². The second-order valence-corrected chi connectivity index (χ2v) is 6.05. The number of hydrogen-bond donors (Lipinski definition) is 1. The maximum Gasteiger partial charge on any atom is 0.306 e. The third-order valence-corrected chi connectivity index (χ3v) is 3.86. The van der Waals surface area contributed by atoms with Crippen molar-refractivity contribution in [1.82, 2.24) is 0 Å². The van der Waals surface area contributed by atoms with Gasteiger partial charge in [-0.1, -0.05) is 6.07 Å². The van der Waals surface area contributed by atoms with Gasteiger partial charge in [-0.25, -0.2) is 4.39 Å². The van der Waals surface area contributed by atoms with Crippen LogP contribution in [0.15, 0.2) is 42.5 Å². The molecular weight excluding hydrogens is 365 g/mol. The highest BCUT2D eigenvalue weighted by molar-refractivity contribution is 5.98. The van der Waals surface area contributed by atoms with Crippen molar-refractivity contribution in [2.45, 2.75) is 26.7 Å². The summed E-state index contributed by atoms with van der Waals surface area (Å²) in [5.74, 6) is -1.24. The van der Waals surface area contributed by atoms with E-state index in [1.165, 1.54) is 12.1 Å². The van der Waals surface area contributed by atoms with E-state index < -0.39 is 24.3 Å². The van der Waals surface area contributed by atoms with E-state index in [1.807, 2.05) is 6.92 Å². The van der Waals surface area contributed by atoms with Crippen molar-refractivity contribution in [2.24, 2.45) is 0 Å². The summed E-state index contributed by atoms with van der Waals surface area (Å²) in [5, 5.41) is 2.44. The summed E-state index contributed by atoms with van der Waals surface area (Å²) in [6.45, 7) is 3.50. The summed E-state index contributed by atoms with van der Waals surface area (Å²) in [5.41, 5.74) is 1.20. The predicted octanol–water partition coefficient (Wildman–Crippen LogP) is 3.68. The van der Waals surface area contributed by atoms with E-state index in [1.54, 1.807) is 37.3 Å². The molecule has 0 radical (unpaired) electrons. The molecule has 2 aromatic carbocycles. The molecule has 28 heavy (non-hydrogen) atoms. The number of hydrogen-bond acceptors (Lipinski definition) is 5. The summed E-state index contributed by atoms with van der Waals surface area (Å²) < 4.78 is 23.6. The zero-order valence-corrected chi connectivity index (χ0v) is 15.8. The van der Waals surface area contributed by atoms with Gasteiger partial charge in [0.25, 0.3) is 5.91 Å². The Hall–Kier alpha value is -3.22. The highest BCUT2D eigenvalue weighted by Gasteiger charge is 2.12. The molecule has 0 fully saturated rings. The SMILES string of the molecule is CCOc1ccc(C(=O)CCC(=O)OCC(=O)Nc2ccc(C)c(F)c2)cc1. The largest absolute Gasteiger partial charge is 0.494 e. The Morgan fingerprint density at radius 2 is 1.75 bits per heavy atom. The van der Waals surface area contributed by atoms with E-state index in [-0.39, 0.29) is 24.3 Å². The third kappa shape index (κ3) is 6.50. The first-order chi connectivity index (χ1) is 13.4. The number of anilines is 1. The summed E-state index contributed by atoms with van der Waals surface area (Å²) in [6, 6.07) is 10.9. The van der Waals surface area contributed by atoms with Crippen molar-refractivity contribution in [3.05, 3.63) is 59.4 Å². The average molecular weight is 387 g/mol. The lowest BCUT2D eigenvalue weighted by Crippen LogP contribution is -2.21. The molecule has 0 aliphatic rings. The van der Waals surface area contributed by atoms with Gasteiger partial charge in [0.2, 0.25) is 0 Å². The number of nitrogens with one attached hydrogen (secondary N) is 1. The van der Waals surface area contributed by atoms with Gasteiger partial charge in [-0.2, -0.15) is 0 Å². The van der Waals surface area contributed by atoms with Crippen molar-refractivity contribution in [1.29, 1.82) is 0 Å². The number of rotatable bonds is 9. The maximum atomic E-state index is 13.4. The van der Waals surface area contributed by atoms with Crippen LogP contribution in [0, 0.1) is 12.7 Å². The summed E-state index contributed by atoms with van der Waals surface area (Å²) in [6.07, 6.45) is -0.171. The molecule has 2 aromatic rings. The standard InChI is InChI=1S/C21H22FNO5/c1-3-27-17-8-5-15(6-9-17)19(24)10-11-21(26)28-13-20(25)23-16-7-4-14(2)18(22)12-16/h4-9,12H,3,10-11,13H2,1-2H3,(H,23,25). The summed E-state index contributed by atoms with van der Waals surface area (Å²) >= 11 is 0. The molecule has 0 atom stereocenters. The molecule has 1 N–H and O–H groups in total. The van der Waals surface area contributed by atoms with E-state index in [0.717, 1.165) is 0 Å². The van der Waals surface area contributed by atoms with Gasteiger partial charge in [0.15, 0.2) is 12.4 Å². The fourth-order valence-electron chi connectivity index (χ4n) is 2.35. The first kappa shape index (κ1) is 21.1. The number of aryl methyl sites for hydroxylation is 1. The number of amides is 1. The molecule has 0 saturated heterocycles. The third-order valence-electron chi connectivity index (χ3n) is 3.86. The van der Waals surface area contributed by atoms with Crippen LogP contribution < -0.4 is 10.1 Å². The lowest BCUT2D eigenvalue weighted by molar-refractivity contribution is -0.147.